The van der Waals surface area contributed by atoms with Gasteiger partial charge in [0.25, 0.3) is 10.6 Å². The summed E-state index contributed by atoms with van der Waals surface area (Å²) in [6, 6.07) is 7.74. The van der Waals surface area contributed by atoms with Gasteiger partial charge in [0.1, 0.15) is 19.1 Å². The number of nitrogens with zero attached hydrogens (tertiary/aromatic N) is 3. The number of methoxy groups -OCH3 is 1. The molecule has 0 saturated heterocycles. The van der Waals surface area contributed by atoms with Crippen LogP contribution in [-0.4, -0.2) is 24.7 Å². The van der Waals surface area contributed by atoms with Crippen LogP contribution in [0.4, 0.5) is 5.69 Å². The minimum atomic E-state index is -0.323. The van der Waals surface area contributed by atoms with Crippen LogP contribution in [0.15, 0.2) is 50.9 Å². The van der Waals surface area contributed by atoms with Crippen molar-refractivity contribution in [3.05, 3.63) is 81.2 Å². The molecular weight excluding hydrogens is 577 g/mol. The second-order valence-electron chi connectivity index (χ2n) is 7.68. The van der Waals surface area contributed by atoms with Crippen LogP contribution in [0, 0.1) is 0 Å². The Labute approximate surface area is 235 Å². The van der Waals surface area contributed by atoms with E-state index in [4.69, 9.17) is 16.3 Å². The predicted octanol–water partition coefficient (Wildman–Crippen LogP) is 0.969. The molecule has 0 saturated carbocycles. The number of halogens is 2. The molecule has 1 aliphatic rings. The third-order valence-electron chi connectivity index (χ3n) is 5.63. The number of ether oxygens (including phenoxy) is 1. The lowest BCUT2D eigenvalue weighted by molar-refractivity contribution is -0.685. The highest BCUT2D eigenvalue weighted by Gasteiger charge is 2.25. The fraction of sp³-hybridized carbons (Fsp3) is 0.208. The van der Waals surface area contributed by atoms with Crippen molar-refractivity contribution in [2.75, 3.05) is 19.1 Å². The van der Waals surface area contributed by atoms with Gasteiger partial charge >= 0.3 is 5.97 Å². The van der Waals surface area contributed by atoms with Gasteiger partial charge < -0.3 is 22.0 Å². The summed E-state index contributed by atoms with van der Waals surface area (Å²) >= 11 is 12.2. The van der Waals surface area contributed by atoms with E-state index in [2.05, 4.69) is 15.5 Å². The van der Waals surface area contributed by atoms with Crippen LogP contribution in [0.2, 0.25) is 5.02 Å². The van der Waals surface area contributed by atoms with Gasteiger partial charge in [0.2, 0.25) is 0 Å². The number of thioether (sulfide) groups is 1. The molecule has 1 aliphatic heterocycles. The number of esters is 1. The third-order valence-corrected chi connectivity index (χ3v) is 10.1. The summed E-state index contributed by atoms with van der Waals surface area (Å²) in [5.41, 5.74) is 1.96. The average molecular weight is 599 g/mol. The summed E-state index contributed by atoms with van der Waals surface area (Å²) in [5.74, 6) is -0.323. The number of rotatable bonds is 5. The second-order valence-corrected chi connectivity index (χ2v) is 12.0. The van der Waals surface area contributed by atoms with Gasteiger partial charge in [-0.15, -0.1) is 22.7 Å². The summed E-state index contributed by atoms with van der Waals surface area (Å²) in [4.78, 5) is 29.2. The van der Waals surface area contributed by atoms with Crippen LogP contribution in [0.3, 0.4) is 0 Å². The molecule has 4 heterocycles. The van der Waals surface area contributed by atoms with E-state index < -0.39 is 0 Å². The minimum absolute atomic E-state index is 0. The molecule has 5 rings (SSSR count). The Morgan fingerprint density at radius 2 is 2.03 bits per heavy atom. The molecule has 0 amide bonds. The van der Waals surface area contributed by atoms with Gasteiger partial charge in [-0.3, -0.25) is 9.36 Å². The van der Waals surface area contributed by atoms with E-state index in [9.17, 15) is 9.59 Å². The zero-order valence-corrected chi connectivity index (χ0v) is 24.3. The van der Waals surface area contributed by atoms with Crippen molar-refractivity contribution in [3.63, 3.8) is 0 Å². The van der Waals surface area contributed by atoms with Crippen LogP contribution in [-0.2, 0) is 17.8 Å². The Hall–Kier alpha value is -2.08. The van der Waals surface area contributed by atoms with E-state index in [1.54, 1.807) is 23.1 Å². The smallest absolute Gasteiger partial charge is 0.348 e. The molecule has 4 aromatic rings. The molecule has 0 aliphatic carbocycles. The highest BCUT2D eigenvalue weighted by Crippen LogP contribution is 2.46. The Balaban J connectivity index is 0.00000304. The highest BCUT2D eigenvalue weighted by atomic mass is 35.5. The third kappa shape index (κ3) is 4.90. The zero-order valence-electron chi connectivity index (χ0n) is 19.5. The zero-order chi connectivity index (χ0) is 24.7. The maximum absolute atomic E-state index is 13.4. The molecule has 0 atom stereocenters. The standard InChI is InChI=1S/C24H21ClN3O3S4.ClH/c1-4-28-19(12-18-27(8-10-32-18)13-14-7-9-33-20(14)24(30)31-3)35-21(22(28)29)23-26(2)16-6-5-15(25)11-17(16)34-23;/h5-12H,4,13H2,1-3H3;1H/q+1;/p-1/b23-21+;. The van der Waals surface area contributed by atoms with Crippen molar-refractivity contribution in [1.29, 1.82) is 0 Å². The molecule has 0 fully saturated rings. The summed E-state index contributed by atoms with van der Waals surface area (Å²) < 4.78 is 10.4. The van der Waals surface area contributed by atoms with Gasteiger partial charge in [0.15, 0.2) is 12.7 Å². The first-order valence-electron chi connectivity index (χ1n) is 10.7. The normalized spacial score (nSPS) is 14.7. The van der Waals surface area contributed by atoms with Crippen molar-refractivity contribution < 1.29 is 26.5 Å². The molecule has 188 valence electrons. The van der Waals surface area contributed by atoms with E-state index in [0.29, 0.717) is 27.5 Å². The lowest BCUT2D eigenvalue weighted by Gasteiger charge is -2.12. The van der Waals surface area contributed by atoms with E-state index in [1.165, 1.54) is 29.8 Å². The summed E-state index contributed by atoms with van der Waals surface area (Å²) in [6.45, 7) is 3.10. The van der Waals surface area contributed by atoms with Gasteiger partial charge in [-0.05, 0) is 36.6 Å². The lowest BCUT2D eigenvalue weighted by Crippen LogP contribution is -3.00. The van der Waals surface area contributed by atoms with Crippen LogP contribution >= 0.6 is 57.4 Å². The molecule has 0 spiro atoms. The van der Waals surface area contributed by atoms with E-state index in [-0.39, 0.29) is 23.9 Å². The maximum atomic E-state index is 13.4. The Morgan fingerprint density at radius 1 is 1.22 bits per heavy atom. The molecule has 36 heavy (non-hydrogen) atoms. The Kier molecular flexibility index (Phi) is 8.33. The molecule has 0 bridgehead atoms. The number of carbonyl (C=O) groups is 1. The number of hydrogen-bond acceptors (Lipinski definition) is 8. The monoisotopic (exact) mass is 597 g/mol. The first-order chi connectivity index (χ1) is 16.9. The van der Waals surface area contributed by atoms with Gasteiger partial charge in [-0.2, -0.15) is 4.57 Å². The fourth-order valence-corrected chi connectivity index (χ4v) is 8.30. The van der Waals surface area contributed by atoms with Gasteiger partial charge in [0, 0.05) is 29.1 Å². The van der Waals surface area contributed by atoms with Crippen molar-refractivity contribution in [1.82, 2.24) is 4.57 Å². The lowest BCUT2D eigenvalue weighted by atomic mass is 10.2. The summed E-state index contributed by atoms with van der Waals surface area (Å²) in [7, 11) is 3.38. The Morgan fingerprint density at radius 3 is 2.78 bits per heavy atom. The number of benzene rings is 1. The highest BCUT2D eigenvalue weighted by molar-refractivity contribution is 8.08. The van der Waals surface area contributed by atoms with Crippen LogP contribution < -0.4 is 36.6 Å². The number of fused-ring (bicyclic) bond motifs is 1. The molecule has 0 N–H and O–H groups in total. The van der Waals surface area contributed by atoms with E-state index >= 15 is 0 Å². The van der Waals surface area contributed by atoms with Crippen molar-refractivity contribution in [2.45, 2.75) is 24.9 Å². The van der Waals surface area contributed by atoms with Crippen molar-refractivity contribution in [3.8, 4) is 0 Å². The predicted molar refractivity (Wildman–Crippen MR) is 145 cm³/mol. The maximum Gasteiger partial charge on any atom is 0.348 e. The molecule has 6 nitrogen and oxygen atoms in total. The number of thiophene rings is 1. The first kappa shape index (κ1) is 27.0. The van der Waals surface area contributed by atoms with Crippen molar-refractivity contribution >= 4 is 80.1 Å². The fourth-order valence-electron chi connectivity index (χ4n) is 3.88. The minimum Gasteiger partial charge on any atom is -1.00 e. The molecular formula is C24H21Cl2N3O3S4. The quantitative estimate of drug-likeness (QED) is 0.253. The summed E-state index contributed by atoms with van der Waals surface area (Å²) in [5, 5.41) is 6.50. The topological polar surface area (TPSA) is 55.4 Å². The van der Waals surface area contributed by atoms with Gasteiger partial charge in [0.05, 0.1) is 24.3 Å². The number of hydrogen-bond donors (Lipinski definition) is 0. The van der Waals surface area contributed by atoms with Gasteiger partial charge in [-0.1, -0.05) is 34.7 Å². The number of anilines is 1. The molecule has 12 heteroatoms. The van der Waals surface area contributed by atoms with Crippen LogP contribution in [0.5, 0.6) is 0 Å². The number of carbonyl (C=O) groups excluding carboxylic acids is 1. The number of aromatic nitrogens is 2. The largest absolute Gasteiger partial charge is 1.00 e. The van der Waals surface area contributed by atoms with Crippen LogP contribution in [0.1, 0.15) is 27.2 Å². The Bertz CT molecular complexity index is 1620. The first-order valence-corrected chi connectivity index (χ1v) is 14.5. The van der Waals surface area contributed by atoms with E-state index in [1.807, 2.05) is 59.8 Å². The SMILES string of the molecule is CCn1c(=O)/c(=C2\Sc3cc(Cl)ccc3N2C)s/c1=C\c1scc[n+]1Cc1ccsc1C(=O)OC.[Cl-]. The molecule has 3 aromatic heterocycles. The van der Waals surface area contributed by atoms with E-state index in [0.717, 1.165) is 30.8 Å². The van der Waals surface area contributed by atoms with Gasteiger partial charge in [-0.25, -0.2) is 4.79 Å². The average Bonchev–Trinajstić information content (AvgIpc) is 3.61. The molecule has 1 aromatic carbocycles. The second kappa shape index (κ2) is 11.1. The number of thiazole rings is 2. The van der Waals surface area contributed by atoms with Crippen LogP contribution in [0.25, 0.3) is 11.1 Å². The summed E-state index contributed by atoms with van der Waals surface area (Å²) in [6.07, 6.45) is 4.05. The van der Waals surface area contributed by atoms with Crippen molar-refractivity contribution in [2.24, 2.45) is 0 Å². The molecule has 0 unspecified atom stereocenters. The molecule has 0 radical (unpaired) electrons.